The molecule has 1 aromatic heterocycles. The second-order valence-corrected chi connectivity index (χ2v) is 12.0. The summed E-state index contributed by atoms with van der Waals surface area (Å²) in [6.07, 6.45) is 1.98. The van der Waals surface area contributed by atoms with Gasteiger partial charge < -0.3 is 14.7 Å². The molecule has 1 aliphatic carbocycles. The van der Waals surface area contributed by atoms with Crippen molar-refractivity contribution in [3.05, 3.63) is 16.0 Å². The number of ketones is 1. The highest BCUT2D eigenvalue weighted by atomic mass is 32.1. The van der Waals surface area contributed by atoms with E-state index in [1.165, 1.54) is 4.90 Å². The highest BCUT2D eigenvalue weighted by Crippen LogP contribution is 2.46. The zero-order valence-electron chi connectivity index (χ0n) is 19.8. The van der Waals surface area contributed by atoms with Gasteiger partial charge in [0.2, 0.25) is 0 Å². The van der Waals surface area contributed by atoms with Gasteiger partial charge in [-0.2, -0.15) is 0 Å². The van der Waals surface area contributed by atoms with E-state index >= 15 is 0 Å². The molecule has 1 amide bonds. The van der Waals surface area contributed by atoms with Gasteiger partial charge in [0, 0.05) is 26.1 Å². The molecular formula is C25H34N2O4S. The van der Waals surface area contributed by atoms with Gasteiger partial charge in [-0.25, -0.2) is 4.79 Å². The molecule has 6 nitrogen and oxygen atoms in total. The smallest absolute Gasteiger partial charge is 0.408 e. The van der Waals surface area contributed by atoms with Crippen molar-refractivity contribution in [1.29, 1.82) is 0 Å². The van der Waals surface area contributed by atoms with Crippen LogP contribution < -0.4 is 4.90 Å². The lowest BCUT2D eigenvalue weighted by Gasteiger charge is -2.43. The summed E-state index contributed by atoms with van der Waals surface area (Å²) in [7, 11) is 0. The van der Waals surface area contributed by atoms with Gasteiger partial charge in [-0.15, -0.1) is 11.3 Å². The Morgan fingerprint density at radius 1 is 1.16 bits per heavy atom. The average Bonchev–Trinajstić information content (AvgIpc) is 3.28. The van der Waals surface area contributed by atoms with Crippen molar-refractivity contribution in [2.24, 2.45) is 10.8 Å². The number of nitrogens with zero attached hydrogens (tertiary/aromatic N) is 2. The average molecular weight is 459 g/mol. The molecule has 32 heavy (non-hydrogen) atoms. The first-order valence-corrected chi connectivity index (χ1v) is 12.3. The number of likely N-dealkylation sites (tertiary alicyclic amines) is 1. The highest BCUT2D eigenvalue weighted by molar-refractivity contribution is 7.18. The number of amides is 1. The Kier molecular flexibility index (Phi) is 5.83. The van der Waals surface area contributed by atoms with Crippen LogP contribution in [0.1, 0.15) is 74.7 Å². The fourth-order valence-corrected chi connectivity index (χ4v) is 6.63. The Balaban J connectivity index is 1.87. The zero-order chi connectivity index (χ0) is 23.3. The number of carbonyl (C=O) groups is 2. The monoisotopic (exact) mass is 458 g/mol. The number of thiophene rings is 1. The van der Waals surface area contributed by atoms with Gasteiger partial charge in [-0.05, 0) is 35.7 Å². The molecule has 3 heterocycles. The first kappa shape index (κ1) is 23.1. The van der Waals surface area contributed by atoms with E-state index < -0.39 is 11.6 Å². The topological polar surface area (TPSA) is 70.1 Å². The van der Waals surface area contributed by atoms with E-state index in [0.29, 0.717) is 26.2 Å². The fourth-order valence-electron chi connectivity index (χ4n) is 5.36. The van der Waals surface area contributed by atoms with Crippen molar-refractivity contribution >= 4 is 28.2 Å². The van der Waals surface area contributed by atoms with Crippen LogP contribution >= 0.6 is 11.3 Å². The van der Waals surface area contributed by atoms with Crippen LogP contribution in [0.15, 0.2) is 0 Å². The third-order valence-electron chi connectivity index (χ3n) is 7.08. The summed E-state index contributed by atoms with van der Waals surface area (Å²) in [4.78, 5) is 29.7. The lowest BCUT2D eigenvalue weighted by molar-refractivity contribution is 0.0702. The number of carboxylic acid groups (broad SMARTS) is 1. The van der Waals surface area contributed by atoms with Gasteiger partial charge in [-0.1, -0.05) is 46.5 Å². The molecule has 0 aromatic carbocycles. The Morgan fingerprint density at radius 3 is 2.47 bits per heavy atom. The molecule has 0 saturated carbocycles. The van der Waals surface area contributed by atoms with Crippen LogP contribution in [0, 0.1) is 22.7 Å². The van der Waals surface area contributed by atoms with E-state index in [1.54, 1.807) is 11.3 Å². The van der Waals surface area contributed by atoms with E-state index in [9.17, 15) is 14.7 Å². The number of Topliss-reactive ketones (excluding diaryl/α,β-unsaturated/α-hetero) is 1. The van der Waals surface area contributed by atoms with Crippen molar-refractivity contribution in [1.82, 2.24) is 4.90 Å². The fraction of sp³-hybridized carbons (Fsp3) is 0.680. The number of fused-ring (bicyclic) bond motifs is 1. The Morgan fingerprint density at radius 2 is 1.84 bits per heavy atom. The third kappa shape index (κ3) is 3.92. The molecule has 0 unspecified atom stereocenters. The summed E-state index contributed by atoms with van der Waals surface area (Å²) >= 11 is 1.56. The van der Waals surface area contributed by atoms with Crippen molar-refractivity contribution < 1.29 is 19.4 Å². The van der Waals surface area contributed by atoms with Crippen LogP contribution in [0.4, 0.5) is 9.80 Å². The number of carbonyl (C=O) groups excluding carboxylic acids is 1. The van der Waals surface area contributed by atoms with Crippen LogP contribution in [0.3, 0.4) is 0 Å². The van der Waals surface area contributed by atoms with Gasteiger partial charge >= 0.3 is 6.09 Å². The summed E-state index contributed by atoms with van der Waals surface area (Å²) in [6.45, 7) is 13.9. The number of hydrogen-bond donors (Lipinski definition) is 1. The number of rotatable bonds is 1. The van der Waals surface area contributed by atoms with Crippen LogP contribution in [0.2, 0.25) is 0 Å². The maximum Gasteiger partial charge on any atom is 0.408 e. The van der Waals surface area contributed by atoms with Gasteiger partial charge in [0.25, 0.3) is 0 Å². The van der Waals surface area contributed by atoms with Gasteiger partial charge in [-0.3, -0.25) is 9.69 Å². The SMILES string of the molecule is CC1(C)CC(=O)c2sc(N3CCOCC3)c(C#C[C@@]3(C(C)(C)C)CCCN3C(=O)O)c2C1. The van der Waals surface area contributed by atoms with Crippen molar-refractivity contribution in [2.45, 2.75) is 65.8 Å². The highest BCUT2D eigenvalue weighted by Gasteiger charge is 2.51. The van der Waals surface area contributed by atoms with Gasteiger partial charge in [0.05, 0.1) is 23.7 Å². The maximum absolute atomic E-state index is 13.0. The largest absolute Gasteiger partial charge is 0.465 e. The third-order valence-corrected chi connectivity index (χ3v) is 8.42. The van der Waals surface area contributed by atoms with E-state index in [1.807, 2.05) is 0 Å². The zero-order valence-corrected chi connectivity index (χ0v) is 20.7. The standard InChI is InChI=1S/C25H34N2O4S/c1-23(2,3)25(8-6-10-27(25)22(29)30)9-7-17-18-15-24(4,5)16-19(28)20(18)32-21(17)26-11-13-31-14-12-26/h6,8,10-16H2,1-5H3,(H,29,30)/t25-/m1/s1. The molecule has 3 aliphatic rings. The normalized spacial score (nSPS) is 25.3. The quantitative estimate of drug-likeness (QED) is 0.621. The van der Waals surface area contributed by atoms with Crippen molar-refractivity contribution in [3.63, 3.8) is 0 Å². The predicted octanol–water partition coefficient (Wildman–Crippen LogP) is 4.65. The molecular weight excluding hydrogens is 424 g/mol. The molecule has 1 atom stereocenters. The van der Waals surface area contributed by atoms with Crippen molar-refractivity contribution in [2.75, 3.05) is 37.7 Å². The Hall–Kier alpha value is -2.04. The molecule has 0 spiro atoms. The lowest BCUT2D eigenvalue weighted by atomic mass is 9.72. The molecule has 2 fully saturated rings. The molecule has 1 N–H and O–H groups in total. The lowest BCUT2D eigenvalue weighted by Crippen LogP contribution is -2.54. The summed E-state index contributed by atoms with van der Waals surface area (Å²) in [5.41, 5.74) is 0.790. The van der Waals surface area contributed by atoms with Crippen LogP contribution in [0.5, 0.6) is 0 Å². The summed E-state index contributed by atoms with van der Waals surface area (Å²) < 4.78 is 5.55. The molecule has 0 radical (unpaired) electrons. The minimum atomic E-state index is -0.913. The number of hydrogen-bond acceptors (Lipinski definition) is 5. The van der Waals surface area contributed by atoms with Crippen molar-refractivity contribution in [3.8, 4) is 11.8 Å². The number of morpholine rings is 1. The first-order valence-electron chi connectivity index (χ1n) is 11.5. The molecule has 174 valence electrons. The summed E-state index contributed by atoms with van der Waals surface area (Å²) in [5, 5.41) is 11.0. The van der Waals surface area contributed by atoms with Crippen LogP contribution in [-0.4, -0.2) is 60.3 Å². The molecule has 1 aromatic rings. The summed E-state index contributed by atoms with van der Waals surface area (Å²) in [6, 6.07) is 0. The Bertz CT molecular complexity index is 988. The molecule has 0 bridgehead atoms. The maximum atomic E-state index is 13.0. The van der Waals surface area contributed by atoms with E-state index in [2.05, 4.69) is 51.4 Å². The minimum Gasteiger partial charge on any atom is -0.465 e. The van der Waals surface area contributed by atoms with Gasteiger partial charge in [0.1, 0.15) is 10.5 Å². The second kappa shape index (κ2) is 8.07. The van der Waals surface area contributed by atoms with E-state index in [0.717, 1.165) is 53.4 Å². The van der Waals surface area contributed by atoms with Gasteiger partial charge in [0.15, 0.2) is 5.78 Å². The number of ether oxygens (including phenoxy) is 1. The molecule has 2 saturated heterocycles. The predicted molar refractivity (Wildman–Crippen MR) is 127 cm³/mol. The second-order valence-electron chi connectivity index (χ2n) is 11.0. The molecule has 2 aliphatic heterocycles. The first-order chi connectivity index (χ1) is 15.0. The summed E-state index contributed by atoms with van der Waals surface area (Å²) in [5.74, 6) is 7.14. The Labute approximate surface area is 194 Å². The van der Waals surface area contributed by atoms with E-state index in [4.69, 9.17) is 4.74 Å². The molecule has 4 rings (SSSR count). The molecule has 7 heteroatoms. The number of anilines is 1. The van der Waals surface area contributed by atoms with E-state index in [-0.39, 0.29) is 16.6 Å². The minimum absolute atomic E-state index is 0.105. The van der Waals surface area contributed by atoms with Crippen LogP contribution in [-0.2, 0) is 11.2 Å². The van der Waals surface area contributed by atoms with Crippen LogP contribution in [0.25, 0.3) is 0 Å².